The Hall–Kier alpha value is -1.87. The van der Waals surface area contributed by atoms with Crippen molar-refractivity contribution >= 4 is 49.8 Å². The fourth-order valence-electron chi connectivity index (χ4n) is 4.08. The third-order valence-electron chi connectivity index (χ3n) is 5.48. The second-order valence-corrected chi connectivity index (χ2v) is 10.6. The number of hydrogen-bond donors (Lipinski definition) is 2. The Morgan fingerprint density at radius 2 is 2.03 bits per heavy atom. The number of carbonyl (C=O) groups excluding carboxylic acids is 1. The molecule has 0 radical (unpaired) electrons. The summed E-state index contributed by atoms with van der Waals surface area (Å²) in [5.41, 5.74) is 8.95. The number of halogens is 1. The van der Waals surface area contributed by atoms with E-state index in [-0.39, 0.29) is 17.6 Å². The Labute approximate surface area is 178 Å². The molecule has 29 heavy (non-hydrogen) atoms. The van der Waals surface area contributed by atoms with Gasteiger partial charge in [-0.3, -0.25) is 4.79 Å². The molecule has 4 rings (SSSR count). The van der Waals surface area contributed by atoms with Crippen LogP contribution in [0.1, 0.15) is 34.8 Å². The van der Waals surface area contributed by atoms with Crippen LogP contribution < -0.4 is 5.73 Å². The number of nitrogens with two attached hydrogens (primary N) is 1. The normalized spacial score (nSPS) is 16.4. The summed E-state index contributed by atoms with van der Waals surface area (Å²) in [6, 6.07) is 10.2. The van der Waals surface area contributed by atoms with Crippen molar-refractivity contribution in [1.82, 2.24) is 9.29 Å². The molecule has 0 atom stereocenters. The molecule has 1 fully saturated rings. The minimum absolute atomic E-state index is 0.0526. The van der Waals surface area contributed by atoms with Crippen LogP contribution in [0.2, 0.25) is 0 Å². The van der Waals surface area contributed by atoms with Crippen molar-refractivity contribution in [1.29, 1.82) is 0 Å². The van der Waals surface area contributed by atoms with Crippen LogP contribution in [0, 0.1) is 0 Å². The lowest BCUT2D eigenvalue weighted by Gasteiger charge is -2.31. The predicted molar refractivity (Wildman–Crippen MR) is 118 cm³/mol. The fraction of sp³-hybridized carbons (Fsp3) is 0.350. The van der Waals surface area contributed by atoms with Gasteiger partial charge in [0, 0.05) is 34.7 Å². The largest absolute Gasteiger partial charge is 0.364 e. The van der Waals surface area contributed by atoms with Crippen LogP contribution in [-0.4, -0.2) is 48.3 Å². The van der Waals surface area contributed by atoms with Crippen LogP contribution in [0.3, 0.4) is 0 Å². The van der Waals surface area contributed by atoms with Crippen LogP contribution in [-0.2, 0) is 10.0 Å². The van der Waals surface area contributed by atoms with Gasteiger partial charge >= 0.3 is 0 Å². The van der Waals surface area contributed by atoms with Crippen LogP contribution in [0.4, 0.5) is 0 Å². The average molecular weight is 452 g/mol. The number of H-pyrrole nitrogens is 1. The maximum atomic E-state index is 12.3. The van der Waals surface area contributed by atoms with Gasteiger partial charge < -0.3 is 10.7 Å². The number of piperidine rings is 1. The van der Waals surface area contributed by atoms with E-state index in [4.69, 9.17) is 17.3 Å². The number of thiophene rings is 1. The number of aromatic nitrogens is 1. The summed E-state index contributed by atoms with van der Waals surface area (Å²) in [6.45, 7) is 0.832. The lowest BCUT2D eigenvalue weighted by molar-refractivity contribution is 0.0994. The van der Waals surface area contributed by atoms with E-state index in [0.29, 0.717) is 31.6 Å². The number of carbonyl (C=O) groups is 1. The van der Waals surface area contributed by atoms with Crippen molar-refractivity contribution < 1.29 is 13.2 Å². The molecule has 2 aromatic heterocycles. The molecule has 0 saturated carbocycles. The van der Waals surface area contributed by atoms with Crippen molar-refractivity contribution in [3.8, 4) is 10.4 Å². The lowest BCUT2D eigenvalue weighted by Crippen LogP contribution is -2.39. The van der Waals surface area contributed by atoms with Gasteiger partial charge in [0.15, 0.2) is 0 Å². The predicted octanol–water partition coefficient (Wildman–Crippen LogP) is 3.74. The summed E-state index contributed by atoms with van der Waals surface area (Å²) >= 11 is 7.29. The van der Waals surface area contributed by atoms with Gasteiger partial charge in [0.2, 0.25) is 10.0 Å². The molecule has 0 spiro atoms. The molecule has 0 unspecified atom stereocenters. The van der Waals surface area contributed by atoms with Crippen LogP contribution >= 0.6 is 22.9 Å². The number of benzene rings is 1. The number of sulfonamides is 1. The highest BCUT2D eigenvalue weighted by atomic mass is 35.5. The number of rotatable bonds is 6. The minimum Gasteiger partial charge on any atom is -0.364 e. The van der Waals surface area contributed by atoms with Crippen LogP contribution in [0.25, 0.3) is 21.3 Å². The highest BCUT2D eigenvalue weighted by Gasteiger charge is 2.31. The van der Waals surface area contributed by atoms with Crippen molar-refractivity contribution in [2.75, 3.05) is 24.7 Å². The van der Waals surface area contributed by atoms with Gasteiger partial charge in [-0.15, -0.1) is 22.9 Å². The molecular weight excluding hydrogens is 430 g/mol. The van der Waals surface area contributed by atoms with Gasteiger partial charge in [-0.05, 0) is 53.5 Å². The first-order valence-electron chi connectivity index (χ1n) is 9.44. The molecular formula is C20H22ClN3O3S2. The van der Waals surface area contributed by atoms with E-state index in [1.165, 1.54) is 4.31 Å². The van der Waals surface area contributed by atoms with Gasteiger partial charge in [-0.25, -0.2) is 12.7 Å². The molecule has 0 aliphatic carbocycles. The van der Waals surface area contributed by atoms with E-state index in [1.54, 1.807) is 11.3 Å². The van der Waals surface area contributed by atoms with Gasteiger partial charge in [-0.2, -0.15) is 0 Å². The number of alkyl halides is 1. The Balaban J connectivity index is 1.70. The second-order valence-electron chi connectivity index (χ2n) is 7.19. The molecule has 1 aliphatic heterocycles. The molecule has 1 amide bonds. The lowest BCUT2D eigenvalue weighted by atomic mass is 9.87. The van der Waals surface area contributed by atoms with E-state index in [9.17, 15) is 13.2 Å². The molecule has 3 aromatic rings. The topological polar surface area (TPSA) is 96.3 Å². The summed E-state index contributed by atoms with van der Waals surface area (Å²) in [7, 11) is -3.33. The molecule has 3 N–H and O–H groups in total. The van der Waals surface area contributed by atoms with E-state index >= 15 is 0 Å². The molecule has 1 aromatic carbocycles. The first-order chi connectivity index (χ1) is 13.9. The quantitative estimate of drug-likeness (QED) is 0.558. The summed E-state index contributed by atoms with van der Waals surface area (Å²) < 4.78 is 26.1. The van der Waals surface area contributed by atoms with Crippen molar-refractivity contribution in [2.24, 2.45) is 5.73 Å². The molecule has 6 nitrogen and oxygen atoms in total. The Kier molecular flexibility index (Phi) is 5.70. The summed E-state index contributed by atoms with van der Waals surface area (Å²) in [6.07, 6.45) is 1.27. The maximum Gasteiger partial charge on any atom is 0.265 e. The molecule has 154 valence electrons. The zero-order valence-electron chi connectivity index (χ0n) is 15.7. The molecule has 3 heterocycles. The summed E-state index contributed by atoms with van der Waals surface area (Å²) in [5, 5.41) is 3.01. The zero-order valence-corrected chi connectivity index (χ0v) is 18.1. The monoisotopic (exact) mass is 451 g/mol. The Morgan fingerprint density at radius 3 is 2.66 bits per heavy atom. The van der Waals surface area contributed by atoms with Gasteiger partial charge in [0.1, 0.15) is 5.69 Å². The van der Waals surface area contributed by atoms with E-state index in [1.807, 2.05) is 23.6 Å². The average Bonchev–Trinajstić information content (AvgIpc) is 3.35. The van der Waals surface area contributed by atoms with Crippen molar-refractivity contribution in [2.45, 2.75) is 18.8 Å². The fourth-order valence-corrected chi connectivity index (χ4v) is 6.61. The first-order valence-corrected chi connectivity index (χ1v) is 12.5. The van der Waals surface area contributed by atoms with E-state index in [0.717, 1.165) is 26.9 Å². The number of nitrogens with zero attached hydrogens (tertiary/aromatic N) is 1. The van der Waals surface area contributed by atoms with Crippen molar-refractivity contribution in [3.05, 3.63) is 47.0 Å². The number of nitrogens with one attached hydrogen (secondary N) is 1. The van der Waals surface area contributed by atoms with E-state index in [2.05, 4.69) is 17.1 Å². The van der Waals surface area contributed by atoms with E-state index < -0.39 is 15.9 Å². The summed E-state index contributed by atoms with van der Waals surface area (Å²) in [4.78, 5) is 16.5. The zero-order chi connectivity index (χ0) is 20.6. The Bertz CT molecular complexity index is 1130. The first kappa shape index (κ1) is 20.4. The van der Waals surface area contributed by atoms with Gasteiger partial charge in [0.25, 0.3) is 5.91 Å². The molecule has 1 saturated heterocycles. The number of fused-ring (bicyclic) bond motifs is 1. The highest BCUT2D eigenvalue weighted by molar-refractivity contribution is 7.89. The number of aromatic amines is 1. The highest BCUT2D eigenvalue weighted by Crippen LogP contribution is 2.38. The smallest absolute Gasteiger partial charge is 0.265 e. The molecule has 1 aliphatic rings. The van der Waals surface area contributed by atoms with Crippen LogP contribution in [0.15, 0.2) is 35.7 Å². The third-order valence-corrected chi connectivity index (χ3v) is 8.69. The standard InChI is InChI=1S/C20H22ClN3O3S2/c21-7-11-29(26,27)24-8-5-13(6-9-24)18-15-12-14(17-2-1-10-28-17)3-4-16(15)23-19(18)20(22)25/h1-4,10,12-13,23H,5-9,11H2,(H2,22,25). The molecule has 0 bridgehead atoms. The Morgan fingerprint density at radius 1 is 1.28 bits per heavy atom. The van der Waals surface area contributed by atoms with Crippen molar-refractivity contribution in [3.63, 3.8) is 0 Å². The molecule has 9 heteroatoms. The van der Waals surface area contributed by atoms with Crippen LogP contribution in [0.5, 0.6) is 0 Å². The number of primary amides is 1. The summed E-state index contributed by atoms with van der Waals surface area (Å²) in [5.74, 6) is -0.399. The number of hydrogen-bond acceptors (Lipinski definition) is 4. The minimum atomic E-state index is -3.33. The van der Waals surface area contributed by atoms with Gasteiger partial charge in [0.05, 0.1) is 5.75 Å². The van der Waals surface area contributed by atoms with Gasteiger partial charge in [-0.1, -0.05) is 12.1 Å². The second kappa shape index (κ2) is 8.10. The number of amides is 1. The maximum absolute atomic E-state index is 12.3. The third kappa shape index (κ3) is 3.94. The SMILES string of the molecule is NC(=O)c1[nH]c2ccc(-c3cccs3)cc2c1C1CCN(S(=O)(=O)CCCl)CC1.